The van der Waals surface area contributed by atoms with Gasteiger partial charge < -0.3 is 23.7 Å². The summed E-state index contributed by atoms with van der Waals surface area (Å²) in [7, 11) is -7.00. The lowest BCUT2D eigenvalue weighted by Crippen LogP contribution is -2.54. The number of fused-ring (bicyclic) bond motifs is 1. The van der Waals surface area contributed by atoms with Gasteiger partial charge in [0.25, 0.3) is 5.56 Å². The summed E-state index contributed by atoms with van der Waals surface area (Å²) in [5, 5.41) is 9.68. The Labute approximate surface area is 259 Å². The molecular formula is C28H55N5O7Si3. The van der Waals surface area contributed by atoms with Crippen molar-refractivity contribution in [1.29, 1.82) is 0 Å². The standard InChI is InChI=1S/C28H55N5O7Si3/c1-26(2,3)41(10,11)36-16-17-19(39-42(12,13)27(4,5)6)20(40-43(14,15)28(7,8)9)23(37-17)33-21-18(30-25(33)38-35)22(34)32-24(29)31-21/h17,19-20,23,35H,16H2,1-15H3,(H3,29,31,32,34)/t17-,19-,20-,23-/m1/s1. The number of imidazole rings is 1. The zero-order chi connectivity index (χ0) is 33.1. The van der Waals surface area contributed by atoms with Crippen molar-refractivity contribution in [3.05, 3.63) is 10.4 Å². The fourth-order valence-electron chi connectivity index (χ4n) is 4.13. The van der Waals surface area contributed by atoms with E-state index in [-0.39, 0.29) is 44.8 Å². The van der Waals surface area contributed by atoms with Crippen LogP contribution >= 0.6 is 0 Å². The van der Waals surface area contributed by atoms with Gasteiger partial charge in [0.1, 0.15) is 18.3 Å². The van der Waals surface area contributed by atoms with E-state index in [4.69, 9.17) is 28.6 Å². The third-order valence-electron chi connectivity index (χ3n) is 10.0. The minimum Gasteiger partial charge on any atom is -0.414 e. The maximum absolute atomic E-state index is 12.8. The number of anilines is 1. The van der Waals surface area contributed by atoms with E-state index in [0.717, 1.165) is 0 Å². The van der Waals surface area contributed by atoms with Crippen LogP contribution in [-0.2, 0) is 18.0 Å². The number of nitrogens with two attached hydrogens (primary N) is 1. The highest BCUT2D eigenvalue weighted by atomic mass is 28.4. The van der Waals surface area contributed by atoms with Crippen LogP contribution < -0.4 is 16.2 Å². The van der Waals surface area contributed by atoms with Gasteiger partial charge in [0.05, 0.1) is 6.61 Å². The normalized spacial score (nSPS) is 22.9. The third kappa shape index (κ3) is 7.13. The van der Waals surface area contributed by atoms with E-state index in [1.54, 1.807) is 0 Å². The third-order valence-corrected chi connectivity index (χ3v) is 23.5. The predicted molar refractivity (Wildman–Crippen MR) is 177 cm³/mol. The molecule has 0 amide bonds. The van der Waals surface area contributed by atoms with Crippen LogP contribution in [-0.4, -0.2) is 74.6 Å². The molecule has 0 saturated carbocycles. The molecule has 1 aliphatic heterocycles. The first kappa shape index (κ1) is 35.9. The van der Waals surface area contributed by atoms with Crippen molar-refractivity contribution in [2.75, 3.05) is 12.3 Å². The number of aromatic amines is 1. The molecule has 246 valence electrons. The van der Waals surface area contributed by atoms with Crippen molar-refractivity contribution in [2.45, 2.75) is 141 Å². The summed E-state index contributed by atoms with van der Waals surface area (Å²) in [5.41, 5.74) is 5.45. The van der Waals surface area contributed by atoms with Gasteiger partial charge in [-0.15, -0.1) is 0 Å². The van der Waals surface area contributed by atoms with Crippen LogP contribution in [0.2, 0.25) is 54.4 Å². The van der Waals surface area contributed by atoms with Gasteiger partial charge in [-0.1, -0.05) is 62.3 Å². The Hall–Kier alpha value is -1.60. The van der Waals surface area contributed by atoms with Crippen molar-refractivity contribution in [2.24, 2.45) is 0 Å². The first-order chi connectivity index (χ1) is 19.2. The molecular weight excluding hydrogens is 603 g/mol. The number of nitrogen functional groups attached to an aromatic ring is 1. The highest BCUT2D eigenvalue weighted by molar-refractivity contribution is 6.75. The molecule has 4 N–H and O–H groups in total. The second-order valence-electron chi connectivity index (χ2n) is 16.3. The Kier molecular flexibility index (Phi) is 9.71. The molecule has 1 saturated heterocycles. The zero-order valence-corrected chi connectivity index (χ0v) is 31.8. The summed E-state index contributed by atoms with van der Waals surface area (Å²) in [6, 6.07) is -0.260. The number of ether oxygens (including phenoxy) is 1. The molecule has 15 heteroatoms. The lowest BCUT2D eigenvalue weighted by atomic mass is 10.1. The molecule has 3 rings (SSSR count). The van der Waals surface area contributed by atoms with Crippen LogP contribution in [0, 0.1) is 0 Å². The molecule has 12 nitrogen and oxygen atoms in total. The number of hydrogen-bond acceptors (Lipinski definition) is 10. The van der Waals surface area contributed by atoms with Crippen LogP contribution in [0.15, 0.2) is 4.79 Å². The number of rotatable bonds is 9. The second-order valence-corrected chi connectivity index (χ2v) is 30.6. The molecule has 1 aliphatic rings. The fourth-order valence-corrected chi connectivity index (χ4v) is 7.75. The molecule has 43 heavy (non-hydrogen) atoms. The average molecular weight is 658 g/mol. The monoisotopic (exact) mass is 657 g/mol. The van der Waals surface area contributed by atoms with Gasteiger partial charge in [-0.3, -0.25) is 14.7 Å². The van der Waals surface area contributed by atoms with E-state index in [1.165, 1.54) is 4.57 Å². The van der Waals surface area contributed by atoms with E-state index in [0.29, 0.717) is 0 Å². The molecule has 3 heterocycles. The molecule has 0 unspecified atom stereocenters. The molecule has 0 radical (unpaired) electrons. The van der Waals surface area contributed by atoms with Crippen LogP contribution in [0.1, 0.15) is 68.5 Å². The van der Waals surface area contributed by atoms with Gasteiger partial charge >= 0.3 is 6.01 Å². The maximum Gasteiger partial charge on any atom is 0.338 e. The lowest BCUT2D eigenvalue weighted by Gasteiger charge is -2.44. The van der Waals surface area contributed by atoms with Crippen LogP contribution in [0.5, 0.6) is 6.01 Å². The van der Waals surface area contributed by atoms with Gasteiger partial charge in [-0.25, -0.2) is 4.57 Å². The SMILES string of the molecule is CC(C)(C)[Si](C)(C)OC[C@H]1O[C@@H](n2c(OO)nc3c(=O)[nH]c(N)nc32)[C@H](O[Si](C)(C)C(C)(C)C)[C@@H]1O[Si](C)(C)C(C)(C)C. The number of H-pyrrole nitrogens is 1. The summed E-state index contributed by atoms with van der Waals surface area (Å²) >= 11 is 0. The van der Waals surface area contributed by atoms with E-state index in [2.05, 4.69) is 117 Å². The Morgan fingerprint density at radius 1 is 0.860 bits per heavy atom. The van der Waals surface area contributed by atoms with Crippen LogP contribution in [0.4, 0.5) is 5.95 Å². The Morgan fingerprint density at radius 3 is 1.81 bits per heavy atom. The van der Waals surface area contributed by atoms with Gasteiger partial charge in [0.15, 0.2) is 42.3 Å². The van der Waals surface area contributed by atoms with Crippen molar-refractivity contribution in [3.8, 4) is 6.01 Å². The summed E-state index contributed by atoms with van der Waals surface area (Å²) < 4.78 is 29.3. The Morgan fingerprint density at radius 2 is 1.35 bits per heavy atom. The van der Waals surface area contributed by atoms with Crippen LogP contribution in [0.25, 0.3) is 11.2 Å². The number of hydrogen-bond donors (Lipinski definition) is 3. The van der Waals surface area contributed by atoms with Crippen molar-refractivity contribution < 1.29 is 28.2 Å². The quantitative estimate of drug-likeness (QED) is 0.160. The summed E-state index contributed by atoms with van der Waals surface area (Å²) in [6.07, 6.45) is -2.66. The molecule has 4 atom stereocenters. The average Bonchev–Trinajstić information content (AvgIpc) is 3.33. The maximum atomic E-state index is 12.8. The topological polar surface area (TPSA) is 156 Å². The summed E-state index contributed by atoms with van der Waals surface area (Å²) in [5.74, 6) is -0.102. The van der Waals surface area contributed by atoms with Crippen LogP contribution in [0.3, 0.4) is 0 Å². The molecule has 0 aliphatic carbocycles. The fraction of sp³-hybridized carbons (Fsp3) is 0.821. The second kappa shape index (κ2) is 11.6. The van der Waals surface area contributed by atoms with Gasteiger partial charge in [-0.2, -0.15) is 15.2 Å². The van der Waals surface area contributed by atoms with Crippen molar-refractivity contribution in [3.63, 3.8) is 0 Å². The highest BCUT2D eigenvalue weighted by Crippen LogP contribution is 2.47. The number of nitrogens with one attached hydrogen (secondary N) is 1. The highest BCUT2D eigenvalue weighted by Gasteiger charge is 2.55. The summed E-state index contributed by atoms with van der Waals surface area (Å²) in [4.78, 5) is 28.5. The largest absolute Gasteiger partial charge is 0.414 e. The predicted octanol–water partition coefficient (Wildman–Crippen LogP) is 6.25. The van der Waals surface area contributed by atoms with Gasteiger partial charge in [-0.05, 0) is 54.4 Å². The van der Waals surface area contributed by atoms with E-state index >= 15 is 0 Å². The Bertz CT molecular complexity index is 1360. The first-order valence-corrected chi connectivity index (χ1v) is 23.7. The molecule has 0 aromatic carbocycles. The zero-order valence-electron chi connectivity index (χ0n) is 28.8. The molecule has 2 aromatic rings. The van der Waals surface area contributed by atoms with Crippen molar-refractivity contribution in [1.82, 2.24) is 19.5 Å². The molecule has 0 bridgehead atoms. The van der Waals surface area contributed by atoms with Gasteiger partial charge in [0.2, 0.25) is 5.95 Å². The molecule has 2 aromatic heterocycles. The molecule has 0 spiro atoms. The van der Waals surface area contributed by atoms with E-state index in [9.17, 15) is 10.1 Å². The number of nitrogens with zero attached hydrogens (tertiary/aromatic N) is 3. The van der Waals surface area contributed by atoms with Crippen molar-refractivity contribution >= 4 is 42.1 Å². The molecule has 1 fully saturated rings. The number of aromatic nitrogens is 4. The summed E-state index contributed by atoms with van der Waals surface area (Å²) in [6.45, 7) is 33.1. The van der Waals surface area contributed by atoms with E-state index in [1.807, 2.05) is 0 Å². The first-order valence-electron chi connectivity index (χ1n) is 15.0. The minimum atomic E-state index is -2.45. The minimum absolute atomic E-state index is 0.0151. The lowest BCUT2D eigenvalue weighted by molar-refractivity contribution is -0.155. The Balaban J connectivity index is 2.27. The van der Waals surface area contributed by atoms with E-state index < -0.39 is 55.1 Å². The van der Waals surface area contributed by atoms with Gasteiger partial charge in [0, 0.05) is 0 Å². The smallest absolute Gasteiger partial charge is 0.338 e.